The van der Waals surface area contributed by atoms with Gasteiger partial charge in [0.1, 0.15) is 5.69 Å². The van der Waals surface area contributed by atoms with Gasteiger partial charge in [-0.25, -0.2) is 0 Å². The number of aliphatic hydroxyl groups is 1. The van der Waals surface area contributed by atoms with Gasteiger partial charge in [0.2, 0.25) is 0 Å². The molecular weight excluding hydrogens is 192 g/mol. The molecule has 0 atom stereocenters. The van der Waals surface area contributed by atoms with Crippen LogP contribution in [0.1, 0.15) is 35.8 Å². The Labute approximate surface area is 88.9 Å². The fourth-order valence-corrected chi connectivity index (χ4v) is 1.63. The van der Waals surface area contributed by atoms with Gasteiger partial charge < -0.3 is 15.0 Å². The molecule has 1 aromatic rings. The van der Waals surface area contributed by atoms with Crippen molar-refractivity contribution in [2.75, 3.05) is 13.2 Å². The number of rotatable bonds is 5. The maximum atomic E-state index is 11.7. The SMILES string of the molecule is O=C(NCCCO)c1cccn1C1CC1. The largest absolute Gasteiger partial charge is 0.396 e. The minimum Gasteiger partial charge on any atom is -0.396 e. The Bertz CT molecular complexity index is 342. The van der Waals surface area contributed by atoms with Gasteiger partial charge in [-0.2, -0.15) is 0 Å². The molecule has 2 N–H and O–H groups in total. The molecule has 1 aliphatic rings. The first-order valence-corrected chi connectivity index (χ1v) is 5.39. The van der Waals surface area contributed by atoms with Gasteiger partial charge in [-0.15, -0.1) is 0 Å². The molecule has 2 rings (SSSR count). The highest BCUT2D eigenvalue weighted by molar-refractivity contribution is 5.92. The van der Waals surface area contributed by atoms with Gasteiger partial charge in [0.25, 0.3) is 5.91 Å². The Morgan fingerprint density at radius 2 is 2.40 bits per heavy atom. The van der Waals surface area contributed by atoms with Crippen molar-refractivity contribution in [1.82, 2.24) is 9.88 Å². The molecule has 0 unspecified atom stereocenters. The first kappa shape index (κ1) is 10.2. The fourth-order valence-electron chi connectivity index (χ4n) is 1.63. The first-order valence-electron chi connectivity index (χ1n) is 5.39. The van der Waals surface area contributed by atoms with E-state index < -0.39 is 0 Å². The van der Waals surface area contributed by atoms with Crippen LogP contribution in [0.4, 0.5) is 0 Å². The Morgan fingerprint density at radius 3 is 3.07 bits per heavy atom. The van der Waals surface area contributed by atoms with Gasteiger partial charge in [0.15, 0.2) is 0 Å². The van der Waals surface area contributed by atoms with Crippen molar-refractivity contribution in [3.63, 3.8) is 0 Å². The minimum atomic E-state index is -0.0413. The lowest BCUT2D eigenvalue weighted by atomic mass is 10.3. The molecule has 82 valence electrons. The van der Waals surface area contributed by atoms with E-state index in [0.29, 0.717) is 19.0 Å². The number of carbonyl (C=O) groups excluding carboxylic acids is 1. The zero-order valence-electron chi connectivity index (χ0n) is 8.65. The van der Waals surface area contributed by atoms with E-state index in [2.05, 4.69) is 5.32 Å². The summed E-state index contributed by atoms with van der Waals surface area (Å²) < 4.78 is 2.04. The molecule has 0 radical (unpaired) electrons. The van der Waals surface area contributed by atoms with Crippen molar-refractivity contribution in [2.45, 2.75) is 25.3 Å². The van der Waals surface area contributed by atoms with Crippen LogP contribution < -0.4 is 5.32 Å². The maximum Gasteiger partial charge on any atom is 0.267 e. The second-order valence-corrected chi connectivity index (χ2v) is 3.86. The maximum absolute atomic E-state index is 11.7. The monoisotopic (exact) mass is 208 g/mol. The molecule has 1 aromatic heterocycles. The van der Waals surface area contributed by atoms with Gasteiger partial charge in [-0.3, -0.25) is 4.79 Å². The van der Waals surface area contributed by atoms with E-state index in [-0.39, 0.29) is 12.5 Å². The van der Waals surface area contributed by atoms with E-state index in [1.807, 2.05) is 22.9 Å². The molecule has 4 heteroatoms. The van der Waals surface area contributed by atoms with Gasteiger partial charge in [0, 0.05) is 25.4 Å². The molecule has 0 aromatic carbocycles. The van der Waals surface area contributed by atoms with E-state index in [4.69, 9.17) is 5.11 Å². The number of nitrogens with zero attached hydrogens (tertiary/aromatic N) is 1. The zero-order chi connectivity index (χ0) is 10.7. The van der Waals surface area contributed by atoms with Crippen molar-refractivity contribution < 1.29 is 9.90 Å². The quantitative estimate of drug-likeness (QED) is 0.707. The highest BCUT2D eigenvalue weighted by atomic mass is 16.3. The molecule has 15 heavy (non-hydrogen) atoms. The summed E-state index contributed by atoms with van der Waals surface area (Å²) in [7, 11) is 0. The summed E-state index contributed by atoms with van der Waals surface area (Å²) >= 11 is 0. The molecule has 0 bridgehead atoms. The van der Waals surface area contributed by atoms with Crippen LogP contribution in [0.15, 0.2) is 18.3 Å². The number of hydrogen-bond acceptors (Lipinski definition) is 2. The van der Waals surface area contributed by atoms with Crippen LogP contribution in [0.3, 0.4) is 0 Å². The average Bonchev–Trinajstić information content (AvgIpc) is 2.96. The van der Waals surface area contributed by atoms with Crippen LogP contribution >= 0.6 is 0 Å². The van der Waals surface area contributed by atoms with Crippen molar-refractivity contribution >= 4 is 5.91 Å². The van der Waals surface area contributed by atoms with E-state index in [1.165, 1.54) is 12.8 Å². The van der Waals surface area contributed by atoms with Crippen LogP contribution in [0.2, 0.25) is 0 Å². The molecule has 0 saturated heterocycles. The predicted molar refractivity (Wildman–Crippen MR) is 56.7 cm³/mol. The van der Waals surface area contributed by atoms with Crippen LogP contribution in [-0.4, -0.2) is 28.7 Å². The Kier molecular flexibility index (Phi) is 3.06. The molecule has 0 aliphatic heterocycles. The third-order valence-corrected chi connectivity index (χ3v) is 2.57. The number of aromatic nitrogens is 1. The van der Waals surface area contributed by atoms with E-state index in [1.54, 1.807) is 0 Å². The Hall–Kier alpha value is -1.29. The summed E-state index contributed by atoms with van der Waals surface area (Å²) in [6, 6.07) is 4.27. The van der Waals surface area contributed by atoms with Crippen molar-refractivity contribution in [2.24, 2.45) is 0 Å². The fraction of sp³-hybridized carbons (Fsp3) is 0.545. The number of amides is 1. The summed E-state index contributed by atoms with van der Waals surface area (Å²) in [6.07, 6.45) is 4.91. The standard InChI is InChI=1S/C11H16N2O2/c14-8-2-6-12-11(15)10-3-1-7-13(10)9-4-5-9/h1,3,7,9,14H,2,4-6,8H2,(H,12,15). The average molecular weight is 208 g/mol. The lowest BCUT2D eigenvalue weighted by molar-refractivity contribution is 0.0941. The molecule has 0 spiro atoms. The summed E-state index contributed by atoms with van der Waals surface area (Å²) in [4.78, 5) is 11.7. The zero-order valence-corrected chi connectivity index (χ0v) is 8.65. The smallest absolute Gasteiger partial charge is 0.267 e. The predicted octanol–water partition coefficient (Wildman–Crippen LogP) is 0.935. The minimum absolute atomic E-state index is 0.0413. The Balaban J connectivity index is 1.95. The second kappa shape index (κ2) is 4.49. The van der Waals surface area contributed by atoms with Crippen LogP contribution in [0.5, 0.6) is 0 Å². The van der Waals surface area contributed by atoms with E-state index in [0.717, 1.165) is 5.69 Å². The normalized spacial score (nSPS) is 15.3. The van der Waals surface area contributed by atoms with Crippen LogP contribution in [-0.2, 0) is 0 Å². The molecular formula is C11H16N2O2. The summed E-state index contributed by atoms with van der Waals surface area (Å²) in [5.41, 5.74) is 0.732. The molecule has 1 saturated carbocycles. The number of carbonyl (C=O) groups is 1. The van der Waals surface area contributed by atoms with Crippen molar-refractivity contribution in [3.05, 3.63) is 24.0 Å². The van der Waals surface area contributed by atoms with Crippen LogP contribution in [0.25, 0.3) is 0 Å². The van der Waals surface area contributed by atoms with Gasteiger partial charge >= 0.3 is 0 Å². The Morgan fingerprint density at radius 1 is 1.60 bits per heavy atom. The van der Waals surface area contributed by atoms with Crippen LogP contribution in [0, 0.1) is 0 Å². The summed E-state index contributed by atoms with van der Waals surface area (Å²) in [5.74, 6) is -0.0413. The number of nitrogens with one attached hydrogen (secondary N) is 1. The topological polar surface area (TPSA) is 54.3 Å². The third-order valence-electron chi connectivity index (χ3n) is 2.57. The van der Waals surface area contributed by atoms with Gasteiger partial charge in [-0.05, 0) is 31.4 Å². The van der Waals surface area contributed by atoms with Gasteiger partial charge in [-0.1, -0.05) is 0 Å². The lowest BCUT2D eigenvalue weighted by Crippen LogP contribution is -2.27. The lowest BCUT2D eigenvalue weighted by Gasteiger charge is -2.07. The molecule has 1 fully saturated rings. The van der Waals surface area contributed by atoms with Crippen molar-refractivity contribution in [1.29, 1.82) is 0 Å². The van der Waals surface area contributed by atoms with Crippen molar-refractivity contribution in [3.8, 4) is 0 Å². The molecule has 1 amide bonds. The highest BCUT2D eigenvalue weighted by Gasteiger charge is 2.26. The second-order valence-electron chi connectivity index (χ2n) is 3.86. The molecule has 1 aliphatic carbocycles. The summed E-state index contributed by atoms with van der Waals surface area (Å²) in [5, 5.41) is 11.4. The van der Waals surface area contributed by atoms with E-state index in [9.17, 15) is 4.79 Å². The number of hydrogen-bond donors (Lipinski definition) is 2. The molecule has 1 heterocycles. The first-order chi connectivity index (χ1) is 7.33. The van der Waals surface area contributed by atoms with E-state index >= 15 is 0 Å². The molecule has 4 nitrogen and oxygen atoms in total. The van der Waals surface area contributed by atoms with Gasteiger partial charge in [0.05, 0.1) is 0 Å². The highest BCUT2D eigenvalue weighted by Crippen LogP contribution is 2.35. The third kappa shape index (κ3) is 2.39. The summed E-state index contributed by atoms with van der Waals surface area (Å²) in [6.45, 7) is 0.648. The number of aliphatic hydroxyl groups excluding tert-OH is 1.